The lowest BCUT2D eigenvalue weighted by Crippen LogP contribution is -2.13. The molecule has 112 valence electrons. The van der Waals surface area contributed by atoms with Gasteiger partial charge in [-0.1, -0.05) is 23.8 Å². The van der Waals surface area contributed by atoms with Gasteiger partial charge in [0.1, 0.15) is 10.6 Å². The maximum atomic E-state index is 12.5. The summed E-state index contributed by atoms with van der Waals surface area (Å²) in [4.78, 5) is 2.99. The van der Waals surface area contributed by atoms with Crippen LogP contribution in [0.1, 0.15) is 11.3 Å². The number of hydrogen-bond acceptors (Lipinski definition) is 4. The lowest BCUT2D eigenvalue weighted by atomic mass is 10.2. The molecule has 4 nitrogen and oxygen atoms in total. The van der Waals surface area contributed by atoms with Crippen LogP contribution in [0.25, 0.3) is 0 Å². The number of hydrogen-bond donors (Lipinski definition) is 0. The van der Waals surface area contributed by atoms with Crippen LogP contribution < -0.4 is 4.18 Å². The van der Waals surface area contributed by atoms with Gasteiger partial charge in [0.25, 0.3) is 0 Å². The molecule has 0 fully saturated rings. The van der Waals surface area contributed by atoms with Crippen molar-refractivity contribution in [2.45, 2.75) is 18.0 Å². The Bertz CT molecular complexity index is 740. The molecule has 0 aliphatic carbocycles. The van der Waals surface area contributed by atoms with Crippen LogP contribution >= 0.6 is 0 Å². The van der Waals surface area contributed by atoms with Gasteiger partial charge in [-0.3, -0.25) is 0 Å². The molecule has 0 spiro atoms. The van der Waals surface area contributed by atoms with E-state index in [1.165, 1.54) is 12.1 Å². The quantitative estimate of drug-likeness (QED) is 0.816. The Labute approximate surface area is 119 Å². The number of benzene rings is 1. The summed E-state index contributed by atoms with van der Waals surface area (Å²) in [7, 11) is -4.22. The number of rotatable bonds is 3. The van der Waals surface area contributed by atoms with Gasteiger partial charge in [0.2, 0.25) is 5.88 Å². The van der Waals surface area contributed by atoms with Crippen LogP contribution in [0, 0.1) is 6.92 Å². The first-order chi connectivity index (χ1) is 9.68. The molecule has 0 aliphatic rings. The summed E-state index contributed by atoms with van der Waals surface area (Å²) < 4.78 is 66.0. The Morgan fingerprint density at radius 2 is 1.67 bits per heavy atom. The van der Waals surface area contributed by atoms with Crippen molar-refractivity contribution in [2.24, 2.45) is 0 Å². The average molecular weight is 317 g/mol. The Morgan fingerprint density at radius 1 is 1.05 bits per heavy atom. The highest BCUT2D eigenvalue weighted by Crippen LogP contribution is 2.29. The smallest absolute Gasteiger partial charge is 0.358 e. The van der Waals surface area contributed by atoms with Crippen LogP contribution in [0.3, 0.4) is 0 Å². The van der Waals surface area contributed by atoms with E-state index < -0.39 is 27.9 Å². The van der Waals surface area contributed by atoms with Crippen molar-refractivity contribution in [3.63, 3.8) is 0 Å². The van der Waals surface area contributed by atoms with Crippen molar-refractivity contribution in [3.05, 3.63) is 53.7 Å². The zero-order valence-corrected chi connectivity index (χ0v) is 11.6. The summed E-state index contributed by atoms with van der Waals surface area (Å²) in [6, 6.07) is 8.50. The van der Waals surface area contributed by atoms with Crippen molar-refractivity contribution in [2.75, 3.05) is 0 Å². The number of halogens is 3. The second-order valence-corrected chi connectivity index (χ2v) is 5.76. The molecule has 0 amide bonds. The molecule has 0 bridgehead atoms. The first kappa shape index (κ1) is 15.3. The van der Waals surface area contributed by atoms with Gasteiger partial charge >= 0.3 is 16.3 Å². The first-order valence-electron chi connectivity index (χ1n) is 5.74. The topological polar surface area (TPSA) is 56.3 Å². The Morgan fingerprint density at radius 3 is 2.24 bits per heavy atom. The maximum absolute atomic E-state index is 12.5. The third-order valence-electron chi connectivity index (χ3n) is 2.52. The van der Waals surface area contributed by atoms with Crippen molar-refractivity contribution in [1.29, 1.82) is 0 Å². The molecule has 1 aromatic carbocycles. The average Bonchev–Trinajstić information content (AvgIpc) is 2.38. The fourth-order valence-corrected chi connectivity index (χ4v) is 2.37. The summed E-state index contributed by atoms with van der Waals surface area (Å²) in [5.41, 5.74) is -0.384. The van der Waals surface area contributed by atoms with Crippen LogP contribution in [0.2, 0.25) is 0 Å². The van der Waals surface area contributed by atoms with E-state index in [1.807, 2.05) is 0 Å². The van der Waals surface area contributed by atoms with Crippen LogP contribution in [-0.2, 0) is 16.3 Å². The molecule has 2 rings (SSSR count). The molecular weight excluding hydrogens is 307 g/mol. The van der Waals surface area contributed by atoms with Gasteiger partial charge < -0.3 is 4.18 Å². The van der Waals surface area contributed by atoms with Crippen molar-refractivity contribution >= 4 is 10.1 Å². The van der Waals surface area contributed by atoms with Crippen LogP contribution in [0.15, 0.2) is 47.4 Å². The number of pyridine rings is 1. The van der Waals surface area contributed by atoms with E-state index in [0.717, 1.165) is 23.8 Å². The van der Waals surface area contributed by atoms with Crippen molar-refractivity contribution in [3.8, 4) is 5.88 Å². The molecule has 8 heteroatoms. The highest BCUT2D eigenvalue weighted by molar-refractivity contribution is 7.87. The molecule has 0 N–H and O–H groups in total. The number of alkyl halides is 3. The second kappa shape index (κ2) is 5.36. The predicted octanol–water partition coefficient (Wildman–Crippen LogP) is 3.18. The highest BCUT2D eigenvalue weighted by atomic mass is 32.2. The van der Waals surface area contributed by atoms with Gasteiger partial charge in [0.05, 0.1) is 0 Å². The lowest BCUT2D eigenvalue weighted by molar-refractivity contribution is -0.141. The Kier molecular flexibility index (Phi) is 3.91. The van der Waals surface area contributed by atoms with E-state index in [9.17, 15) is 21.6 Å². The largest absolute Gasteiger partial charge is 0.433 e. The van der Waals surface area contributed by atoms with Crippen LogP contribution in [0.5, 0.6) is 5.88 Å². The van der Waals surface area contributed by atoms with Gasteiger partial charge in [-0.25, -0.2) is 4.98 Å². The molecule has 2 aromatic rings. The van der Waals surface area contributed by atoms with Gasteiger partial charge in [-0.2, -0.15) is 21.6 Å². The molecule has 0 atom stereocenters. The molecule has 1 aromatic heterocycles. The normalized spacial score (nSPS) is 12.2. The van der Waals surface area contributed by atoms with E-state index in [0.29, 0.717) is 0 Å². The van der Waals surface area contributed by atoms with Gasteiger partial charge in [-0.05, 0) is 25.1 Å². The fraction of sp³-hybridized carbons (Fsp3) is 0.154. The molecular formula is C13H10F3NO3S. The van der Waals surface area contributed by atoms with E-state index in [2.05, 4.69) is 9.17 Å². The van der Waals surface area contributed by atoms with Gasteiger partial charge in [0, 0.05) is 6.07 Å². The summed E-state index contributed by atoms with van der Waals surface area (Å²) in [5, 5.41) is 0. The predicted molar refractivity (Wildman–Crippen MR) is 68.2 cm³/mol. The second-order valence-electron chi connectivity index (χ2n) is 4.21. The van der Waals surface area contributed by atoms with Crippen LogP contribution in [-0.4, -0.2) is 13.4 Å². The van der Waals surface area contributed by atoms with E-state index in [4.69, 9.17) is 0 Å². The van der Waals surface area contributed by atoms with Crippen LogP contribution in [0.4, 0.5) is 13.2 Å². The zero-order valence-electron chi connectivity index (χ0n) is 10.8. The minimum Gasteiger partial charge on any atom is -0.358 e. The van der Waals surface area contributed by atoms with Crippen molar-refractivity contribution in [1.82, 2.24) is 4.98 Å². The molecule has 0 radical (unpaired) electrons. The molecule has 0 saturated carbocycles. The monoisotopic (exact) mass is 317 g/mol. The molecule has 1 heterocycles. The molecule has 21 heavy (non-hydrogen) atoms. The Balaban J connectivity index is 2.31. The Hall–Kier alpha value is -2.09. The van der Waals surface area contributed by atoms with Crippen molar-refractivity contribution < 1.29 is 25.8 Å². The highest BCUT2D eigenvalue weighted by Gasteiger charge is 2.33. The standard InChI is InChI=1S/C13H10F3NO3S/c1-9-5-7-10(8-6-9)21(18,19)20-12-4-2-3-11(17-12)13(14,15)16/h2-8H,1H3. The maximum Gasteiger partial charge on any atom is 0.433 e. The summed E-state index contributed by atoms with van der Waals surface area (Å²) in [6.07, 6.45) is -4.67. The van der Waals surface area contributed by atoms with E-state index in [1.54, 1.807) is 19.1 Å². The minimum absolute atomic E-state index is 0.160. The molecule has 0 unspecified atom stereocenters. The van der Waals surface area contributed by atoms with E-state index in [-0.39, 0.29) is 4.90 Å². The number of aryl methyl sites for hydroxylation is 1. The fourth-order valence-electron chi connectivity index (χ4n) is 1.48. The molecule has 0 aliphatic heterocycles. The lowest BCUT2D eigenvalue weighted by Gasteiger charge is -2.09. The van der Waals surface area contributed by atoms with Gasteiger partial charge in [-0.15, -0.1) is 0 Å². The third kappa shape index (κ3) is 3.72. The SMILES string of the molecule is Cc1ccc(S(=O)(=O)Oc2cccc(C(F)(F)F)n2)cc1. The van der Waals surface area contributed by atoms with Gasteiger partial charge in [0.15, 0.2) is 0 Å². The van der Waals surface area contributed by atoms with E-state index >= 15 is 0 Å². The zero-order chi connectivity index (χ0) is 15.7. The summed E-state index contributed by atoms with van der Waals surface area (Å²) in [5.74, 6) is -0.634. The number of aromatic nitrogens is 1. The summed E-state index contributed by atoms with van der Waals surface area (Å²) in [6.45, 7) is 1.77. The first-order valence-corrected chi connectivity index (χ1v) is 7.15. The minimum atomic E-state index is -4.67. The number of nitrogens with zero attached hydrogens (tertiary/aromatic N) is 1. The molecule has 0 saturated heterocycles. The third-order valence-corrected chi connectivity index (χ3v) is 3.76. The summed E-state index contributed by atoms with van der Waals surface area (Å²) >= 11 is 0.